The topological polar surface area (TPSA) is 46.2 Å². The summed E-state index contributed by atoms with van der Waals surface area (Å²) in [6, 6.07) is 0. The van der Waals surface area contributed by atoms with Crippen LogP contribution in [-0.2, 0) is 10.0 Å². The molecule has 5 heteroatoms. The van der Waals surface area contributed by atoms with E-state index in [1.807, 2.05) is 0 Å². The maximum absolute atomic E-state index is 11.8. The van der Waals surface area contributed by atoms with Crippen LogP contribution in [-0.4, -0.2) is 25.5 Å². The van der Waals surface area contributed by atoms with E-state index in [1.165, 1.54) is 6.42 Å². The van der Waals surface area contributed by atoms with Crippen LogP contribution >= 0.6 is 15.9 Å². The van der Waals surface area contributed by atoms with Gasteiger partial charge in [0.05, 0.1) is 5.75 Å². The Bertz CT molecular complexity index is 335. The van der Waals surface area contributed by atoms with Crippen molar-refractivity contribution < 1.29 is 8.42 Å². The molecule has 1 saturated carbocycles. The largest absolute Gasteiger partial charge is 0.215 e. The van der Waals surface area contributed by atoms with Crippen molar-refractivity contribution in [3.8, 4) is 0 Å². The minimum atomic E-state index is -3.10. The molecule has 1 N–H and O–H groups in total. The van der Waals surface area contributed by atoms with Crippen molar-refractivity contribution in [3.63, 3.8) is 0 Å². The number of sulfonamides is 1. The number of hydrogen-bond donors (Lipinski definition) is 1. The molecule has 3 nitrogen and oxygen atoms in total. The maximum Gasteiger partial charge on any atom is 0.211 e. The Kier molecular flexibility index (Phi) is 5.47. The van der Waals surface area contributed by atoms with Crippen LogP contribution in [0.5, 0.6) is 0 Å². The lowest BCUT2D eigenvalue weighted by atomic mass is 9.94. The Morgan fingerprint density at radius 3 is 2.41 bits per heavy atom. The van der Waals surface area contributed by atoms with Crippen LogP contribution in [0.1, 0.15) is 46.5 Å². The van der Waals surface area contributed by atoms with Crippen LogP contribution in [0, 0.1) is 11.3 Å². The second-order valence-electron chi connectivity index (χ2n) is 6.18. The maximum atomic E-state index is 11.8. The van der Waals surface area contributed by atoms with E-state index in [2.05, 4.69) is 41.4 Å². The summed E-state index contributed by atoms with van der Waals surface area (Å²) < 4.78 is 26.4. The normalized spacial score (nSPS) is 26.4. The molecule has 0 aromatic rings. The van der Waals surface area contributed by atoms with E-state index in [9.17, 15) is 8.42 Å². The van der Waals surface area contributed by atoms with Gasteiger partial charge in [-0.2, -0.15) is 0 Å². The fourth-order valence-corrected chi connectivity index (χ4v) is 4.24. The van der Waals surface area contributed by atoms with Crippen LogP contribution < -0.4 is 4.72 Å². The van der Waals surface area contributed by atoms with Gasteiger partial charge in [0.25, 0.3) is 0 Å². The van der Waals surface area contributed by atoms with Crippen LogP contribution in [0.2, 0.25) is 0 Å². The molecular formula is C12H24BrNO2S. The van der Waals surface area contributed by atoms with Gasteiger partial charge < -0.3 is 0 Å². The first-order valence-electron chi connectivity index (χ1n) is 6.31. The Hall–Kier alpha value is 0.390. The average Bonchev–Trinajstić information content (AvgIpc) is 2.58. The molecular weight excluding hydrogens is 302 g/mol. The quantitative estimate of drug-likeness (QED) is 0.790. The third-order valence-corrected chi connectivity index (χ3v) is 5.81. The summed E-state index contributed by atoms with van der Waals surface area (Å²) in [5.41, 5.74) is 0.0695. The van der Waals surface area contributed by atoms with Gasteiger partial charge in [-0.3, -0.25) is 0 Å². The minimum Gasteiger partial charge on any atom is -0.215 e. The Morgan fingerprint density at radius 1 is 1.29 bits per heavy atom. The summed E-state index contributed by atoms with van der Waals surface area (Å²) >= 11 is 3.61. The van der Waals surface area contributed by atoms with Gasteiger partial charge in [-0.1, -0.05) is 43.1 Å². The zero-order valence-electron chi connectivity index (χ0n) is 11.0. The van der Waals surface area contributed by atoms with Gasteiger partial charge in [0.1, 0.15) is 0 Å². The predicted molar refractivity (Wildman–Crippen MR) is 75.9 cm³/mol. The van der Waals surface area contributed by atoms with Crippen molar-refractivity contribution in [2.45, 2.75) is 51.3 Å². The van der Waals surface area contributed by atoms with Crippen molar-refractivity contribution in [3.05, 3.63) is 0 Å². The first kappa shape index (κ1) is 15.4. The van der Waals surface area contributed by atoms with Gasteiger partial charge in [-0.25, -0.2) is 13.1 Å². The molecule has 1 rings (SSSR count). The molecule has 0 aliphatic heterocycles. The fourth-order valence-electron chi connectivity index (χ4n) is 1.97. The number of halogens is 1. The number of hydrogen-bond acceptors (Lipinski definition) is 2. The summed E-state index contributed by atoms with van der Waals surface area (Å²) in [4.78, 5) is 0.479. The van der Waals surface area contributed by atoms with E-state index in [0.717, 1.165) is 12.8 Å². The molecule has 0 aromatic carbocycles. The van der Waals surface area contributed by atoms with E-state index in [4.69, 9.17) is 0 Å². The highest BCUT2D eigenvalue weighted by Gasteiger charge is 2.26. The van der Waals surface area contributed by atoms with Gasteiger partial charge in [0.2, 0.25) is 10.0 Å². The third-order valence-electron chi connectivity index (χ3n) is 3.25. The molecule has 2 atom stereocenters. The lowest BCUT2D eigenvalue weighted by Crippen LogP contribution is -2.33. The molecule has 0 amide bonds. The van der Waals surface area contributed by atoms with Crippen molar-refractivity contribution >= 4 is 26.0 Å². The fraction of sp³-hybridized carbons (Fsp3) is 1.00. The molecule has 0 heterocycles. The number of rotatable bonds is 5. The van der Waals surface area contributed by atoms with Gasteiger partial charge in [0, 0.05) is 11.4 Å². The minimum absolute atomic E-state index is 0.0695. The summed E-state index contributed by atoms with van der Waals surface area (Å²) in [5, 5.41) is 0. The van der Waals surface area contributed by atoms with E-state index in [-0.39, 0.29) is 11.2 Å². The molecule has 1 fully saturated rings. The van der Waals surface area contributed by atoms with Crippen molar-refractivity contribution in [2.75, 3.05) is 12.3 Å². The van der Waals surface area contributed by atoms with Gasteiger partial charge >= 0.3 is 0 Å². The predicted octanol–water partition coefficient (Wildman–Crippen LogP) is 2.91. The van der Waals surface area contributed by atoms with Gasteiger partial charge in [-0.05, 0) is 30.6 Å². The van der Waals surface area contributed by atoms with E-state index in [0.29, 0.717) is 23.7 Å². The zero-order chi connectivity index (χ0) is 13.1. The number of alkyl halides is 1. The van der Waals surface area contributed by atoms with E-state index < -0.39 is 10.0 Å². The molecule has 17 heavy (non-hydrogen) atoms. The van der Waals surface area contributed by atoms with Gasteiger partial charge in [0.15, 0.2) is 0 Å². The second kappa shape index (κ2) is 6.02. The first-order chi connectivity index (χ1) is 7.70. The first-order valence-corrected chi connectivity index (χ1v) is 8.88. The van der Waals surface area contributed by atoms with Crippen molar-refractivity contribution in [2.24, 2.45) is 11.3 Å². The summed E-state index contributed by atoms with van der Waals surface area (Å²) in [7, 11) is -3.10. The van der Waals surface area contributed by atoms with Crippen LogP contribution in [0.15, 0.2) is 0 Å². The van der Waals surface area contributed by atoms with Crippen LogP contribution in [0.25, 0.3) is 0 Å². The molecule has 0 aromatic heterocycles. The van der Waals surface area contributed by atoms with E-state index in [1.54, 1.807) is 0 Å². The van der Waals surface area contributed by atoms with E-state index >= 15 is 0 Å². The Morgan fingerprint density at radius 2 is 1.94 bits per heavy atom. The van der Waals surface area contributed by atoms with Crippen LogP contribution in [0.4, 0.5) is 0 Å². The van der Waals surface area contributed by atoms with Gasteiger partial charge in [-0.15, -0.1) is 0 Å². The zero-order valence-corrected chi connectivity index (χ0v) is 13.4. The molecule has 1 aliphatic carbocycles. The highest BCUT2D eigenvalue weighted by Crippen LogP contribution is 2.31. The molecule has 0 bridgehead atoms. The Balaban J connectivity index is 2.34. The third kappa shape index (κ3) is 6.20. The molecule has 102 valence electrons. The molecule has 1 aliphatic rings. The average molecular weight is 326 g/mol. The lowest BCUT2D eigenvalue weighted by Gasteiger charge is -2.19. The highest BCUT2D eigenvalue weighted by molar-refractivity contribution is 9.09. The molecule has 0 radical (unpaired) electrons. The number of nitrogens with one attached hydrogen (secondary N) is 1. The molecule has 0 spiro atoms. The van der Waals surface area contributed by atoms with Crippen molar-refractivity contribution in [1.82, 2.24) is 4.72 Å². The summed E-state index contributed by atoms with van der Waals surface area (Å²) in [6.07, 6.45) is 4.18. The molecule has 2 unspecified atom stereocenters. The molecule has 0 saturated heterocycles. The van der Waals surface area contributed by atoms with Crippen molar-refractivity contribution in [1.29, 1.82) is 0 Å². The lowest BCUT2D eigenvalue weighted by molar-refractivity contribution is 0.396. The monoisotopic (exact) mass is 325 g/mol. The second-order valence-corrected chi connectivity index (χ2v) is 9.29. The summed E-state index contributed by atoms with van der Waals surface area (Å²) in [6.45, 7) is 6.78. The highest BCUT2D eigenvalue weighted by atomic mass is 79.9. The smallest absolute Gasteiger partial charge is 0.211 e. The standard InChI is InChI=1S/C12H24BrNO2S/c1-12(2,3)7-8-17(15,16)14-9-10-5-4-6-11(10)13/h10-11,14H,4-9H2,1-3H3. The van der Waals surface area contributed by atoms with Crippen LogP contribution in [0.3, 0.4) is 0 Å². The summed E-state index contributed by atoms with van der Waals surface area (Å²) in [5.74, 6) is 0.690. The Labute approximate surface area is 114 Å². The SMILES string of the molecule is CC(C)(C)CCS(=O)(=O)NCC1CCCC1Br.